The maximum atomic E-state index is 5.57. The highest BCUT2D eigenvalue weighted by molar-refractivity contribution is 7.98. The van der Waals surface area contributed by atoms with E-state index >= 15 is 0 Å². The van der Waals surface area contributed by atoms with Crippen LogP contribution in [0.5, 0.6) is 5.75 Å². The Hall–Kier alpha value is -3.65. The van der Waals surface area contributed by atoms with E-state index in [1.807, 2.05) is 47.1 Å². The third-order valence-corrected chi connectivity index (χ3v) is 5.87. The van der Waals surface area contributed by atoms with Crippen molar-refractivity contribution < 1.29 is 4.74 Å². The smallest absolute Gasteiger partial charge is 0.233 e. The largest absolute Gasteiger partial charge is 0.496 e. The van der Waals surface area contributed by atoms with E-state index in [9.17, 15) is 0 Å². The van der Waals surface area contributed by atoms with Gasteiger partial charge in [0.25, 0.3) is 0 Å². The van der Waals surface area contributed by atoms with Crippen LogP contribution in [0.3, 0.4) is 0 Å². The second-order valence-electron chi connectivity index (χ2n) is 7.03. The average Bonchev–Trinajstić information content (AvgIpc) is 3.42. The van der Waals surface area contributed by atoms with Crippen molar-refractivity contribution in [3.05, 3.63) is 84.4 Å². The number of para-hydroxylation sites is 1. The normalized spacial score (nSPS) is 11.2. The van der Waals surface area contributed by atoms with Crippen LogP contribution < -0.4 is 4.74 Å². The Bertz CT molecular complexity index is 1310. The molecule has 0 unspecified atom stereocenters. The lowest BCUT2D eigenvalue weighted by molar-refractivity contribution is 0.416. The average molecular weight is 429 g/mol. The van der Waals surface area contributed by atoms with Crippen LogP contribution in [0, 0.1) is 6.92 Å². The number of imidazole rings is 1. The van der Waals surface area contributed by atoms with Crippen molar-refractivity contribution in [1.82, 2.24) is 29.1 Å². The lowest BCUT2D eigenvalue weighted by Gasteiger charge is -2.12. The molecule has 0 aliphatic carbocycles. The second-order valence-corrected chi connectivity index (χ2v) is 7.97. The molecule has 0 N–H and O–H groups in total. The van der Waals surface area contributed by atoms with Crippen LogP contribution in [0.1, 0.15) is 11.3 Å². The molecule has 0 saturated carbocycles. The van der Waals surface area contributed by atoms with E-state index in [0.29, 0.717) is 11.5 Å². The van der Waals surface area contributed by atoms with Crippen LogP contribution >= 0.6 is 11.8 Å². The number of ether oxygens (including phenoxy) is 1. The SMILES string of the molecule is COc1ccccc1-c1nnc(SCc2cn3cccnc3n2)n1-c1ccc(C)cc1. The van der Waals surface area contributed by atoms with Crippen molar-refractivity contribution in [2.75, 3.05) is 7.11 Å². The number of fused-ring (bicyclic) bond motifs is 1. The van der Waals surface area contributed by atoms with Gasteiger partial charge in [-0.15, -0.1) is 10.2 Å². The molecule has 154 valence electrons. The summed E-state index contributed by atoms with van der Waals surface area (Å²) in [5.74, 6) is 2.83. The Morgan fingerprint density at radius 3 is 2.65 bits per heavy atom. The van der Waals surface area contributed by atoms with Gasteiger partial charge in [0.2, 0.25) is 5.78 Å². The molecule has 0 aliphatic rings. The van der Waals surface area contributed by atoms with E-state index < -0.39 is 0 Å². The van der Waals surface area contributed by atoms with Gasteiger partial charge in [-0.2, -0.15) is 0 Å². The molecule has 8 heteroatoms. The number of hydrogen-bond donors (Lipinski definition) is 0. The first kappa shape index (κ1) is 19.3. The monoisotopic (exact) mass is 428 g/mol. The van der Waals surface area contributed by atoms with Crippen LogP contribution in [0.4, 0.5) is 0 Å². The molecular weight excluding hydrogens is 408 g/mol. The number of aromatic nitrogens is 6. The molecule has 5 rings (SSSR count). The van der Waals surface area contributed by atoms with Crippen molar-refractivity contribution >= 4 is 17.5 Å². The van der Waals surface area contributed by atoms with Gasteiger partial charge in [-0.1, -0.05) is 41.6 Å². The van der Waals surface area contributed by atoms with Gasteiger partial charge < -0.3 is 4.74 Å². The molecule has 3 heterocycles. The molecule has 0 fully saturated rings. The van der Waals surface area contributed by atoms with E-state index in [-0.39, 0.29) is 0 Å². The topological polar surface area (TPSA) is 70.1 Å². The Morgan fingerprint density at radius 2 is 1.84 bits per heavy atom. The van der Waals surface area contributed by atoms with E-state index in [1.165, 1.54) is 5.56 Å². The molecule has 5 aromatic rings. The van der Waals surface area contributed by atoms with E-state index in [4.69, 9.17) is 4.74 Å². The van der Waals surface area contributed by atoms with Crippen LogP contribution in [0.2, 0.25) is 0 Å². The predicted octanol–water partition coefficient (Wildman–Crippen LogP) is 4.59. The van der Waals surface area contributed by atoms with Crippen LogP contribution in [-0.2, 0) is 5.75 Å². The zero-order valence-electron chi connectivity index (χ0n) is 17.1. The molecule has 0 saturated heterocycles. The lowest BCUT2D eigenvalue weighted by atomic mass is 10.1. The molecule has 0 aliphatic heterocycles. The quantitative estimate of drug-likeness (QED) is 0.369. The summed E-state index contributed by atoms with van der Waals surface area (Å²) in [7, 11) is 1.67. The van der Waals surface area contributed by atoms with Crippen molar-refractivity contribution in [3.63, 3.8) is 0 Å². The maximum Gasteiger partial charge on any atom is 0.233 e. The minimum atomic E-state index is 0.652. The van der Waals surface area contributed by atoms with E-state index in [1.54, 1.807) is 25.1 Å². The summed E-state index contributed by atoms with van der Waals surface area (Å²) < 4.78 is 9.56. The van der Waals surface area contributed by atoms with Crippen molar-refractivity contribution in [1.29, 1.82) is 0 Å². The fourth-order valence-corrected chi connectivity index (χ4v) is 4.22. The summed E-state index contributed by atoms with van der Waals surface area (Å²) in [6, 6.07) is 18.1. The zero-order chi connectivity index (χ0) is 21.2. The van der Waals surface area contributed by atoms with Crippen molar-refractivity contribution in [2.24, 2.45) is 0 Å². The Morgan fingerprint density at radius 1 is 1.00 bits per heavy atom. The first-order valence-corrected chi connectivity index (χ1v) is 10.8. The van der Waals surface area contributed by atoms with Crippen molar-refractivity contribution in [2.45, 2.75) is 17.8 Å². The Labute approximate surface area is 183 Å². The minimum absolute atomic E-state index is 0.652. The summed E-state index contributed by atoms with van der Waals surface area (Å²) in [6.07, 6.45) is 5.67. The van der Waals surface area contributed by atoms with Gasteiger partial charge in [-0.3, -0.25) is 8.97 Å². The number of hydrogen-bond acceptors (Lipinski definition) is 6. The summed E-state index contributed by atoms with van der Waals surface area (Å²) >= 11 is 1.59. The fraction of sp³-hybridized carbons (Fsp3) is 0.130. The molecule has 2 aromatic carbocycles. The zero-order valence-corrected chi connectivity index (χ0v) is 18.0. The summed E-state index contributed by atoms with van der Waals surface area (Å²) in [6.45, 7) is 2.07. The molecule has 7 nitrogen and oxygen atoms in total. The number of aryl methyl sites for hydroxylation is 1. The highest BCUT2D eigenvalue weighted by atomic mass is 32.2. The van der Waals surface area contributed by atoms with Crippen LogP contribution in [-0.4, -0.2) is 36.2 Å². The first-order chi connectivity index (χ1) is 15.2. The van der Waals surface area contributed by atoms with E-state index in [0.717, 1.165) is 33.7 Å². The van der Waals surface area contributed by atoms with Gasteiger partial charge in [0, 0.05) is 30.0 Å². The van der Waals surface area contributed by atoms with Crippen LogP contribution in [0.15, 0.2) is 78.3 Å². The molecule has 0 atom stereocenters. The Kier molecular flexibility index (Phi) is 5.13. The number of thioether (sulfide) groups is 1. The standard InChI is InChI=1S/C23H20N6OS/c1-16-8-10-18(11-9-16)29-21(19-6-3-4-7-20(19)30-2)26-27-23(29)31-15-17-14-28-13-5-12-24-22(28)25-17/h3-14H,15H2,1-2H3. The summed E-state index contributed by atoms with van der Waals surface area (Å²) in [4.78, 5) is 8.88. The van der Waals surface area contributed by atoms with Crippen molar-refractivity contribution in [3.8, 4) is 22.8 Å². The third kappa shape index (κ3) is 3.77. The van der Waals surface area contributed by atoms with Gasteiger partial charge in [0.05, 0.1) is 18.4 Å². The van der Waals surface area contributed by atoms with Gasteiger partial charge >= 0.3 is 0 Å². The number of nitrogens with zero attached hydrogens (tertiary/aromatic N) is 6. The molecular formula is C23H20N6OS. The predicted molar refractivity (Wildman–Crippen MR) is 121 cm³/mol. The number of methoxy groups -OCH3 is 1. The number of benzene rings is 2. The molecule has 0 amide bonds. The molecule has 0 bridgehead atoms. The molecule has 0 radical (unpaired) electrons. The van der Waals surface area contributed by atoms with Gasteiger partial charge in [-0.25, -0.2) is 9.97 Å². The molecule has 31 heavy (non-hydrogen) atoms. The second kappa shape index (κ2) is 8.23. The number of rotatable bonds is 6. The molecule has 3 aromatic heterocycles. The lowest BCUT2D eigenvalue weighted by Crippen LogP contribution is -2.01. The van der Waals surface area contributed by atoms with E-state index in [2.05, 4.69) is 55.9 Å². The summed E-state index contributed by atoms with van der Waals surface area (Å²) in [5, 5.41) is 9.82. The van der Waals surface area contributed by atoms with Gasteiger partial charge in [0.15, 0.2) is 11.0 Å². The Balaban J connectivity index is 1.55. The van der Waals surface area contributed by atoms with Crippen LogP contribution in [0.25, 0.3) is 22.9 Å². The minimum Gasteiger partial charge on any atom is -0.496 e. The summed E-state index contributed by atoms with van der Waals surface area (Å²) in [5.41, 5.74) is 4.01. The highest BCUT2D eigenvalue weighted by Gasteiger charge is 2.19. The van der Waals surface area contributed by atoms with Gasteiger partial charge in [-0.05, 0) is 37.3 Å². The molecule has 0 spiro atoms. The van der Waals surface area contributed by atoms with Gasteiger partial charge in [0.1, 0.15) is 5.75 Å². The fourth-order valence-electron chi connectivity index (χ4n) is 3.38. The third-order valence-electron chi connectivity index (χ3n) is 4.91. The maximum absolute atomic E-state index is 5.57. The first-order valence-electron chi connectivity index (χ1n) is 9.80. The highest BCUT2D eigenvalue weighted by Crippen LogP contribution is 2.34.